The van der Waals surface area contributed by atoms with Crippen molar-refractivity contribution in [3.05, 3.63) is 0 Å². The molecule has 2 aliphatic rings. The van der Waals surface area contributed by atoms with Gasteiger partial charge < -0.3 is 20.7 Å². The Hall–Kier alpha value is -1.47. The summed E-state index contributed by atoms with van der Waals surface area (Å²) in [7, 11) is 0. The highest BCUT2D eigenvalue weighted by Crippen LogP contribution is 2.38. The van der Waals surface area contributed by atoms with Gasteiger partial charge in [0.15, 0.2) is 0 Å². The van der Waals surface area contributed by atoms with E-state index in [0.29, 0.717) is 25.2 Å². The standard InChI is InChI=1S/C8H13NO2.C2H2O4/c9-5-8-2-1-7(11-8)3-6(10)4-8;3-1(4)2(5)6/h7H,1-5,9H2;(H,3,4)(H,5,6). The van der Waals surface area contributed by atoms with Crippen molar-refractivity contribution in [2.75, 3.05) is 6.54 Å². The molecule has 2 heterocycles. The van der Waals surface area contributed by atoms with Gasteiger partial charge in [-0.25, -0.2) is 9.59 Å². The summed E-state index contributed by atoms with van der Waals surface area (Å²) in [6, 6.07) is 0. The molecule has 4 N–H and O–H groups in total. The molecule has 96 valence electrons. The minimum atomic E-state index is -1.82. The van der Waals surface area contributed by atoms with Crippen LogP contribution >= 0.6 is 0 Å². The van der Waals surface area contributed by atoms with Gasteiger partial charge in [-0.3, -0.25) is 4.79 Å². The zero-order chi connectivity index (χ0) is 13.1. The molecule has 0 spiro atoms. The fourth-order valence-electron chi connectivity index (χ4n) is 2.08. The van der Waals surface area contributed by atoms with Crippen LogP contribution in [0.4, 0.5) is 0 Å². The lowest BCUT2D eigenvalue weighted by Gasteiger charge is -2.31. The van der Waals surface area contributed by atoms with E-state index in [1.165, 1.54) is 0 Å². The third-order valence-corrected chi connectivity index (χ3v) is 2.87. The smallest absolute Gasteiger partial charge is 0.414 e. The van der Waals surface area contributed by atoms with E-state index in [0.717, 1.165) is 12.8 Å². The summed E-state index contributed by atoms with van der Waals surface area (Å²) in [5, 5.41) is 14.8. The zero-order valence-corrected chi connectivity index (χ0v) is 9.22. The molecule has 2 aliphatic heterocycles. The molecule has 0 saturated carbocycles. The number of nitrogens with two attached hydrogens (primary N) is 1. The molecule has 17 heavy (non-hydrogen) atoms. The third-order valence-electron chi connectivity index (χ3n) is 2.87. The number of Topliss-reactive ketones (excluding diaryl/α,β-unsaturated/α-hetero) is 1. The Kier molecular flexibility index (Phi) is 4.19. The molecule has 2 bridgehead atoms. The maximum absolute atomic E-state index is 11.2. The Morgan fingerprint density at radius 1 is 1.41 bits per heavy atom. The third kappa shape index (κ3) is 3.50. The molecular formula is C10H15NO6. The number of carbonyl (C=O) groups is 3. The lowest BCUT2D eigenvalue weighted by Crippen LogP contribution is -2.43. The second-order valence-electron chi connectivity index (χ2n) is 4.20. The van der Waals surface area contributed by atoms with E-state index in [-0.39, 0.29) is 11.7 Å². The van der Waals surface area contributed by atoms with Crippen molar-refractivity contribution in [1.82, 2.24) is 0 Å². The summed E-state index contributed by atoms with van der Waals surface area (Å²) in [5.41, 5.74) is 5.30. The number of ketones is 1. The summed E-state index contributed by atoms with van der Waals surface area (Å²) in [4.78, 5) is 29.4. The first-order valence-corrected chi connectivity index (χ1v) is 5.24. The highest BCUT2D eigenvalue weighted by Gasteiger charge is 2.45. The Balaban J connectivity index is 0.000000209. The Morgan fingerprint density at radius 3 is 2.47 bits per heavy atom. The average molecular weight is 245 g/mol. The topological polar surface area (TPSA) is 127 Å². The van der Waals surface area contributed by atoms with Crippen LogP contribution in [0.2, 0.25) is 0 Å². The first kappa shape index (κ1) is 13.6. The summed E-state index contributed by atoms with van der Waals surface area (Å²) in [5.74, 6) is -3.32. The molecule has 0 aliphatic carbocycles. The number of rotatable bonds is 1. The first-order chi connectivity index (χ1) is 7.88. The number of aliphatic carboxylic acids is 2. The Labute approximate surface area is 97.5 Å². The van der Waals surface area contributed by atoms with E-state index >= 15 is 0 Å². The highest BCUT2D eigenvalue weighted by molar-refractivity contribution is 6.27. The van der Waals surface area contributed by atoms with Crippen molar-refractivity contribution < 1.29 is 29.3 Å². The quantitative estimate of drug-likeness (QED) is 0.525. The van der Waals surface area contributed by atoms with Gasteiger partial charge >= 0.3 is 11.9 Å². The molecule has 0 aromatic heterocycles. The first-order valence-electron chi connectivity index (χ1n) is 5.24. The van der Waals surface area contributed by atoms with Crippen LogP contribution in [-0.2, 0) is 19.1 Å². The van der Waals surface area contributed by atoms with Crippen molar-refractivity contribution in [3.8, 4) is 0 Å². The van der Waals surface area contributed by atoms with Crippen molar-refractivity contribution in [2.24, 2.45) is 5.73 Å². The second-order valence-corrected chi connectivity index (χ2v) is 4.20. The van der Waals surface area contributed by atoms with Gasteiger partial charge in [0.2, 0.25) is 0 Å². The van der Waals surface area contributed by atoms with E-state index in [9.17, 15) is 4.79 Å². The van der Waals surface area contributed by atoms with Crippen LogP contribution in [0, 0.1) is 0 Å². The summed E-state index contributed by atoms with van der Waals surface area (Å²) >= 11 is 0. The summed E-state index contributed by atoms with van der Waals surface area (Å²) < 4.78 is 5.66. The Bertz CT molecular complexity index is 330. The van der Waals surface area contributed by atoms with Crippen LogP contribution in [0.15, 0.2) is 0 Å². The molecule has 0 amide bonds. The maximum Gasteiger partial charge on any atom is 0.414 e. The van der Waals surface area contributed by atoms with Crippen molar-refractivity contribution in [1.29, 1.82) is 0 Å². The van der Waals surface area contributed by atoms with Crippen LogP contribution < -0.4 is 5.73 Å². The SMILES string of the molecule is NCC12CCC(CC(=O)C1)O2.O=C(O)C(=O)O. The molecule has 0 aromatic rings. The predicted molar refractivity (Wildman–Crippen MR) is 55.4 cm³/mol. The number of carbonyl (C=O) groups excluding carboxylic acids is 1. The molecule has 2 saturated heterocycles. The number of carboxylic acids is 2. The van der Waals surface area contributed by atoms with Crippen LogP contribution in [0.25, 0.3) is 0 Å². The van der Waals surface area contributed by atoms with Gasteiger partial charge in [0.25, 0.3) is 0 Å². The van der Waals surface area contributed by atoms with E-state index in [1.54, 1.807) is 0 Å². The molecule has 2 rings (SSSR count). The lowest BCUT2D eigenvalue weighted by atomic mass is 9.94. The molecular weight excluding hydrogens is 230 g/mol. The van der Waals surface area contributed by atoms with Crippen molar-refractivity contribution >= 4 is 17.7 Å². The van der Waals surface area contributed by atoms with Gasteiger partial charge in [0, 0.05) is 19.4 Å². The van der Waals surface area contributed by atoms with Gasteiger partial charge in [-0.1, -0.05) is 0 Å². The normalized spacial score (nSPS) is 30.4. The zero-order valence-electron chi connectivity index (χ0n) is 9.22. The molecule has 7 heteroatoms. The largest absolute Gasteiger partial charge is 0.473 e. The molecule has 0 aromatic carbocycles. The van der Waals surface area contributed by atoms with Gasteiger partial charge in [0.1, 0.15) is 5.78 Å². The van der Waals surface area contributed by atoms with Crippen LogP contribution in [-0.4, -0.2) is 46.2 Å². The number of carboxylic acid groups (broad SMARTS) is 2. The van der Waals surface area contributed by atoms with Crippen LogP contribution in [0.3, 0.4) is 0 Å². The summed E-state index contributed by atoms with van der Waals surface area (Å²) in [6.07, 6.45) is 3.32. The van der Waals surface area contributed by atoms with Crippen LogP contribution in [0.5, 0.6) is 0 Å². The number of hydrogen-bond donors (Lipinski definition) is 3. The van der Waals surface area contributed by atoms with E-state index in [2.05, 4.69) is 0 Å². The minimum absolute atomic E-state index is 0.180. The summed E-state index contributed by atoms with van der Waals surface area (Å²) in [6.45, 7) is 0.495. The van der Waals surface area contributed by atoms with Crippen molar-refractivity contribution in [3.63, 3.8) is 0 Å². The second kappa shape index (κ2) is 5.24. The average Bonchev–Trinajstić information content (AvgIpc) is 2.56. The van der Waals surface area contributed by atoms with E-state index < -0.39 is 11.9 Å². The Morgan fingerprint density at radius 2 is 2.00 bits per heavy atom. The molecule has 2 fully saturated rings. The van der Waals surface area contributed by atoms with E-state index in [4.69, 9.17) is 30.3 Å². The number of fused-ring (bicyclic) bond motifs is 2. The molecule has 0 radical (unpaired) electrons. The number of ether oxygens (including phenoxy) is 1. The molecule has 2 atom stereocenters. The van der Waals surface area contributed by atoms with Gasteiger partial charge in [-0.05, 0) is 12.8 Å². The molecule has 2 unspecified atom stereocenters. The number of hydrogen-bond acceptors (Lipinski definition) is 5. The lowest BCUT2D eigenvalue weighted by molar-refractivity contribution is -0.159. The van der Waals surface area contributed by atoms with Gasteiger partial charge in [0.05, 0.1) is 11.7 Å². The predicted octanol–water partition coefficient (Wildman–Crippen LogP) is -0.619. The highest BCUT2D eigenvalue weighted by atomic mass is 16.5. The molecule has 7 nitrogen and oxygen atoms in total. The van der Waals surface area contributed by atoms with E-state index in [1.807, 2.05) is 0 Å². The van der Waals surface area contributed by atoms with Crippen LogP contribution in [0.1, 0.15) is 25.7 Å². The van der Waals surface area contributed by atoms with Gasteiger partial charge in [-0.2, -0.15) is 0 Å². The minimum Gasteiger partial charge on any atom is -0.473 e. The maximum atomic E-state index is 11.2. The fourth-order valence-corrected chi connectivity index (χ4v) is 2.08. The van der Waals surface area contributed by atoms with Crippen molar-refractivity contribution in [2.45, 2.75) is 37.4 Å². The van der Waals surface area contributed by atoms with Gasteiger partial charge in [-0.15, -0.1) is 0 Å². The monoisotopic (exact) mass is 245 g/mol. The fraction of sp³-hybridized carbons (Fsp3) is 0.700.